The van der Waals surface area contributed by atoms with Gasteiger partial charge in [-0.05, 0) is 54.4 Å². The Morgan fingerprint density at radius 2 is 1.74 bits per heavy atom. The molecule has 3 aromatic rings. The summed E-state index contributed by atoms with van der Waals surface area (Å²) < 4.78 is 25.3. The van der Waals surface area contributed by atoms with Crippen molar-refractivity contribution in [1.82, 2.24) is 10.3 Å². The van der Waals surface area contributed by atoms with Crippen LogP contribution < -0.4 is 15.4 Å². The molecular weight excluding hydrogens is 416 g/mol. The van der Waals surface area contributed by atoms with Crippen molar-refractivity contribution in [2.24, 2.45) is 0 Å². The Morgan fingerprint density at radius 1 is 0.968 bits per heavy atom. The maximum Gasteiger partial charge on any atom is 0.255 e. The number of nitrogens with zero attached hydrogens (tertiary/aromatic N) is 1. The minimum absolute atomic E-state index is 0.308. The Hall–Kier alpha value is -3.72. The largest absolute Gasteiger partial charge is 0.348 e. The van der Waals surface area contributed by atoms with Crippen LogP contribution in [0.25, 0.3) is 0 Å². The summed E-state index contributed by atoms with van der Waals surface area (Å²) in [6.45, 7) is 2.01. The van der Waals surface area contributed by atoms with Crippen molar-refractivity contribution in [2.45, 2.75) is 13.5 Å². The fraction of sp³-hybridized carbons (Fsp3) is 0.136. The van der Waals surface area contributed by atoms with Crippen LogP contribution in [0.5, 0.6) is 0 Å². The number of amides is 2. The fourth-order valence-electron chi connectivity index (χ4n) is 2.88. The SMILES string of the molecule is Cc1cc(C(=O)Nc2ccccc2C(=O)NCc2cccnc2)ccc1NS(C)(=O)=O. The molecule has 0 aliphatic carbocycles. The Morgan fingerprint density at radius 3 is 2.42 bits per heavy atom. The molecule has 0 fully saturated rings. The molecule has 2 amide bonds. The van der Waals surface area contributed by atoms with Crippen LogP contribution in [0.15, 0.2) is 67.0 Å². The molecular formula is C22H22N4O4S. The second-order valence-electron chi connectivity index (χ2n) is 6.95. The van der Waals surface area contributed by atoms with Crippen LogP contribution >= 0.6 is 0 Å². The van der Waals surface area contributed by atoms with Gasteiger partial charge in [0.2, 0.25) is 10.0 Å². The third kappa shape index (κ3) is 6.13. The van der Waals surface area contributed by atoms with Crippen LogP contribution in [0.3, 0.4) is 0 Å². The number of para-hydroxylation sites is 1. The van der Waals surface area contributed by atoms with Crippen LogP contribution in [0.4, 0.5) is 11.4 Å². The van der Waals surface area contributed by atoms with Crippen molar-refractivity contribution in [3.05, 3.63) is 89.2 Å². The minimum atomic E-state index is -3.42. The molecule has 31 heavy (non-hydrogen) atoms. The van der Waals surface area contributed by atoms with E-state index in [0.717, 1.165) is 11.8 Å². The molecule has 1 aromatic heterocycles. The van der Waals surface area contributed by atoms with E-state index in [4.69, 9.17) is 0 Å². The molecule has 3 rings (SSSR count). The molecule has 3 N–H and O–H groups in total. The molecule has 2 aromatic carbocycles. The summed E-state index contributed by atoms with van der Waals surface area (Å²) in [5.74, 6) is -0.745. The topological polar surface area (TPSA) is 117 Å². The normalized spacial score (nSPS) is 10.9. The van der Waals surface area contributed by atoms with Crippen molar-refractivity contribution < 1.29 is 18.0 Å². The number of carbonyl (C=O) groups is 2. The molecule has 0 aliphatic rings. The molecule has 0 radical (unpaired) electrons. The second kappa shape index (κ2) is 9.40. The number of pyridine rings is 1. The second-order valence-corrected chi connectivity index (χ2v) is 8.70. The van der Waals surface area contributed by atoms with E-state index in [1.165, 1.54) is 12.1 Å². The van der Waals surface area contributed by atoms with Crippen LogP contribution in [0.2, 0.25) is 0 Å². The Bertz CT molecular complexity index is 1210. The van der Waals surface area contributed by atoms with Gasteiger partial charge in [0, 0.05) is 24.5 Å². The van der Waals surface area contributed by atoms with Gasteiger partial charge >= 0.3 is 0 Å². The maximum absolute atomic E-state index is 12.7. The van der Waals surface area contributed by atoms with Gasteiger partial charge in [0.1, 0.15) is 0 Å². The molecule has 9 heteroatoms. The summed E-state index contributed by atoms with van der Waals surface area (Å²) in [5.41, 5.74) is 2.88. The van der Waals surface area contributed by atoms with Gasteiger partial charge in [-0.3, -0.25) is 19.3 Å². The van der Waals surface area contributed by atoms with Crippen molar-refractivity contribution in [2.75, 3.05) is 16.3 Å². The molecule has 0 atom stereocenters. The highest BCUT2D eigenvalue weighted by molar-refractivity contribution is 7.92. The molecule has 0 saturated heterocycles. The smallest absolute Gasteiger partial charge is 0.255 e. The van der Waals surface area contributed by atoms with Gasteiger partial charge in [-0.25, -0.2) is 8.42 Å². The van der Waals surface area contributed by atoms with Crippen LogP contribution in [-0.2, 0) is 16.6 Å². The minimum Gasteiger partial charge on any atom is -0.348 e. The summed E-state index contributed by atoms with van der Waals surface area (Å²) in [6.07, 6.45) is 4.38. The first-order valence-electron chi connectivity index (χ1n) is 9.39. The monoisotopic (exact) mass is 438 g/mol. The standard InChI is InChI=1S/C22H22N4O4S/c1-15-12-17(9-10-19(15)26-31(2,29)30)21(27)25-20-8-4-3-7-18(20)22(28)24-14-16-6-5-11-23-13-16/h3-13,26H,14H2,1-2H3,(H,24,28)(H,25,27). The van der Waals surface area contributed by atoms with Crippen molar-refractivity contribution >= 4 is 33.2 Å². The van der Waals surface area contributed by atoms with Gasteiger partial charge in [-0.15, -0.1) is 0 Å². The molecule has 160 valence electrons. The Balaban J connectivity index is 1.73. The van der Waals surface area contributed by atoms with Gasteiger partial charge in [-0.1, -0.05) is 18.2 Å². The third-order valence-electron chi connectivity index (χ3n) is 4.38. The number of aryl methyl sites for hydroxylation is 1. The number of anilines is 2. The van der Waals surface area contributed by atoms with E-state index in [1.54, 1.807) is 55.7 Å². The number of benzene rings is 2. The van der Waals surface area contributed by atoms with Gasteiger partial charge in [0.05, 0.1) is 23.2 Å². The van der Waals surface area contributed by atoms with Crippen LogP contribution in [0.1, 0.15) is 31.8 Å². The number of hydrogen-bond acceptors (Lipinski definition) is 5. The van der Waals surface area contributed by atoms with E-state index in [1.807, 2.05) is 6.07 Å². The lowest BCUT2D eigenvalue weighted by molar-refractivity contribution is 0.0951. The van der Waals surface area contributed by atoms with Crippen molar-refractivity contribution in [3.63, 3.8) is 0 Å². The lowest BCUT2D eigenvalue weighted by Crippen LogP contribution is -2.25. The highest BCUT2D eigenvalue weighted by Crippen LogP contribution is 2.20. The summed E-state index contributed by atoms with van der Waals surface area (Å²) in [4.78, 5) is 29.4. The lowest BCUT2D eigenvalue weighted by atomic mass is 10.1. The molecule has 0 bridgehead atoms. The molecule has 8 nitrogen and oxygen atoms in total. The van der Waals surface area contributed by atoms with Gasteiger partial charge < -0.3 is 10.6 Å². The number of nitrogens with one attached hydrogen (secondary N) is 3. The maximum atomic E-state index is 12.7. The van der Waals surface area contributed by atoms with Gasteiger partial charge in [0.25, 0.3) is 11.8 Å². The van der Waals surface area contributed by atoms with E-state index >= 15 is 0 Å². The zero-order valence-corrected chi connectivity index (χ0v) is 17.9. The summed E-state index contributed by atoms with van der Waals surface area (Å²) in [5, 5.41) is 5.56. The highest BCUT2D eigenvalue weighted by Gasteiger charge is 2.15. The molecule has 0 saturated carbocycles. The van der Waals surface area contributed by atoms with E-state index in [0.29, 0.717) is 34.6 Å². The summed E-state index contributed by atoms with van der Waals surface area (Å²) in [7, 11) is -3.42. The molecule has 0 spiro atoms. The predicted octanol–water partition coefficient (Wildman–Crippen LogP) is 2.94. The number of sulfonamides is 1. The average molecular weight is 439 g/mol. The quantitative estimate of drug-likeness (QED) is 0.524. The van der Waals surface area contributed by atoms with E-state index < -0.39 is 15.9 Å². The van der Waals surface area contributed by atoms with Crippen LogP contribution in [0, 0.1) is 6.92 Å². The van der Waals surface area contributed by atoms with Crippen molar-refractivity contribution in [1.29, 1.82) is 0 Å². The Labute approximate surface area is 180 Å². The fourth-order valence-corrected chi connectivity index (χ4v) is 3.51. The molecule has 0 unspecified atom stereocenters. The third-order valence-corrected chi connectivity index (χ3v) is 4.97. The predicted molar refractivity (Wildman–Crippen MR) is 119 cm³/mol. The van der Waals surface area contributed by atoms with Crippen LogP contribution in [-0.4, -0.2) is 31.5 Å². The number of hydrogen-bond donors (Lipinski definition) is 3. The summed E-state index contributed by atoms with van der Waals surface area (Å²) >= 11 is 0. The summed E-state index contributed by atoms with van der Waals surface area (Å²) in [6, 6.07) is 15.0. The first-order chi connectivity index (χ1) is 14.7. The molecule has 0 aliphatic heterocycles. The van der Waals surface area contributed by atoms with Gasteiger partial charge in [-0.2, -0.15) is 0 Å². The Kier molecular flexibility index (Phi) is 6.66. The van der Waals surface area contributed by atoms with E-state index in [2.05, 4.69) is 20.3 Å². The first kappa shape index (κ1) is 22.0. The van der Waals surface area contributed by atoms with Crippen molar-refractivity contribution in [3.8, 4) is 0 Å². The van der Waals surface area contributed by atoms with E-state index in [9.17, 15) is 18.0 Å². The zero-order valence-electron chi connectivity index (χ0n) is 17.0. The lowest BCUT2D eigenvalue weighted by Gasteiger charge is -2.13. The number of aromatic nitrogens is 1. The van der Waals surface area contributed by atoms with Gasteiger partial charge in [0.15, 0.2) is 0 Å². The van der Waals surface area contributed by atoms with E-state index in [-0.39, 0.29) is 5.91 Å². The number of carbonyl (C=O) groups excluding carboxylic acids is 2. The zero-order chi connectivity index (χ0) is 22.4. The first-order valence-corrected chi connectivity index (χ1v) is 11.3. The average Bonchev–Trinajstić information content (AvgIpc) is 2.73. The molecule has 1 heterocycles. The highest BCUT2D eigenvalue weighted by atomic mass is 32.2. The number of rotatable bonds is 7.